The Morgan fingerprint density at radius 2 is 2.21 bits per heavy atom. The van der Waals surface area contributed by atoms with Crippen LogP contribution in [0, 0.1) is 10.1 Å². The lowest BCUT2D eigenvalue weighted by atomic mass is 10.3. The van der Waals surface area contributed by atoms with E-state index in [0.717, 1.165) is 12.4 Å². The fourth-order valence-electron chi connectivity index (χ4n) is 2.15. The number of hydrogen-bond donors (Lipinski definition) is 0. The number of imidazole rings is 1. The Bertz CT molecular complexity index is 642. The van der Waals surface area contributed by atoms with Gasteiger partial charge in [-0.15, -0.1) is 0 Å². The van der Waals surface area contributed by atoms with Gasteiger partial charge in [0.1, 0.15) is 5.82 Å². The van der Waals surface area contributed by atoms with Crippen LogP contribution in [0.1, 0.15) is 5.82 Å². The van der Waals surface area contributed by atoms with Gasteiger partial charge >= 0.3 is 5.69 Å². The van der Waals surface area contributed by atoms with Crippen molar-refractivity contribution >= 4 is 27.4 Å². The molecule has 8 heteroatoms. The highest BCUT2D eigenvalue weighted by Gasteiger charge is 2.25. The molecule has 0 saturated carbocycles. The van der Waals surface area contributed by atoms with Crippen LogP contribution in [0.2, 0.25) is 0 Å². The van der Waals surface area contributed by atoms with Gasteiger partial charge < -0.3 is 9.47 Å². The van der Waals surface area contributed by atoms with E-state index in [9.17, 15) is 10.1 Å². The highest BCUT2D eigenvalue weighted by atomic mass is 79.9. The minimum atomic E-state index is -0.409. The van der Waals surface area contributed by atoms with E-state index in [4.69, 9.17) is 0 Å². The molecule has 2 aromatic rings. The summed E-state index contributed by atoms with van der Waals surface area (Å²) in [6, 6.07) is 1.48. The fraction of sp³-hybridized carbons (Fsp3) is 0.273. The van der Waals surface area contributed by atoms with Crippen LogP contribution in [-0.4, -0.2) is 26.0 Å². The van der Waals surface area contributed by atoms with Crippen molar-refractivity contribution in [2.45, 2.75) is 13.1 Å². The Hall–Kier alpha value is -1.96. The van der Waals surface area contributed by atoms with Crippen molar-refractivity contribution in [3.05, 3.63) is 45.1 Å². The molecule has 0 saturated heterocycles. The maximum atomic E-state index is 11.1. The van der Waals surface area contributed by atoms with E-state index >= 15 is 0 Å². The lowest BCUT2D eigenvalue weighted by molar-refractivity contribution is -0.384. The van der Waals surface area contributed by atoms with Gasteiger partial charge in [0.2, 0.25) is 5.82 Å². The maximum absolute atomic E-state index is 11.1. The van der Waals surface area contributed by atoms with Gasteiger partial charge in [-0.3, -0.25) is 10.1 Å². The first kappa shape index (κ1) is 12.1. The van der Waals surface area contributed by atoms with E-state index in [-0.39, 0.29) is 5.69 Å². The normalized spacial score (nSPS) is 14.3. The molecule has 0 amide bonds. The Labute approximate surface area is 117 Å². The molecule has 2 aromatic heterocycles. The van der Waals surface area contributed by atoms with Crippen molar-refractivity contribution in [2.24, 2.45) is 0 Å². The molecule has 0 radical (unpaired) electrons. The first-order valence-electron chi connectivity index (χ1n) is 5.70. The van der Waals surface area contributed by atoms with Crippen LogP contribution < -0.4 is 4.90 Å². The average molecular weight is 324 g/mol. The molecule has 0 N–H and O–H groups in total. The molecule has 0 atom stereocenters. The third kappa shape index (κ3) is 2.19. The molecule has 0 unspecified atom stereocenters. The highest BCUT2D eigenvalue weighted by Crippen LogP contribution is 2.30. The van der Waals surface area contributed by atoms with Gasteiger partial charge in [0.25, 0.3) is 0 Å². The Morgan fingerprint density at radius 1 is 1.37 bits per heavy atom. The number of aromatic nitrogens is 3. The summed E-state index contributed by atoms with van der Waals surface area (Å²) in [5, 5.41) is 11.1. The van der Waals surface area contributed by atoms with Gasteiger partial charge in [-0.05, 0) is 15.9 Å². The van der Waals surface area contributed by atoms with Gasteiger partial charge in [-0.2, -0.15) is 0 Å². The third-order valence-corrected chi connectivity index (χ3v) is 3.49. The second kappa shape index (κ2) is 4.61. The number of nitrogens with zero attached hydrogens (tertiary/aromatic N) is 5. The number of hydrogen-bond acceptors (Lipinski definition) is 5. The lowest BCUT2D eigenvalue weighted by Crippen LogP contribution is -2.34. The van der Waals surface area contributed by atoms with E-state index in [1.165, 1.54) is 6.07 Å². The molecular weight excluding hydrogens is 314 g/mol. The monoisotopic (exact) mass is 323 g/mol. The van der Waals surface area contributed by atoms with Crippen LogP contribution in [0.4, 0.5) is 11.5 Å². The second-order valence-electron chi connectivity index (χ2n) is 4.21. The second-order valence-corrected chi connectivity index (χ2v) is 5.13. The van der Waals surface area contributed by atoms with Gasteiger partial charge in [0.15, 0.2) is 0 Å². The summed E-state index contributed by atoms with van der Waals surface area (Å²) in [7, 11) is 0. The molecule has 0 spiro atoms. The topological polar surface area (TPSA) is 77.1 Å². The van der Waals surface area contributed by atoms with E-state index < -0.39 is 4.92 Å². The zero-order chi connectivity index (χ0) is 13.4. The van der Waals surface area contributed by atoms with Crippen LogP contribution in [-0.2, 0) is 13.1 Å². The van der Waals surface area contributed by atoms with Crippen molar-refractivity contribution in [2.75, 3.05) is 11.4 Å². The van der Waals surface area contributed by atoms with E-state index in [0.29, 0.717) is 23.4 Å². The molecule has 1 aliphatic rings. The zero-order valence-electron chi connectivity index (χ0n) is 9.86. The number of rotatable bonds is 2. The Kier molecular flexibility index (Phi) is 2.94. The summed E-state index contributed by atoms with van der Waals surface area (Å²) >= 11 is 3.21. The fourth-order valence-corrected chi connectivity index (χ4v) is 2.47. The zero-order valence-corrected chi connectivity index (χ0v) is 11.4. The summed E-state index contributed by atoms with van der Waals surface area (Å²) < 4.78 is 2.64. The first-order valence-corrected chi connectivity index (χ1v) is 6.49. The molecule has 19 heavy (non-hydrogen) atoms. The van der Waals surface area contributed by atoms with Crippen LogP contribution in [0.3, 0.4) is 0 Å². The number of pyridine rings is 1. The van der Waals surface area contributed by atoms with Crippen LogP contribution >= 0.6 is 15.9 Å². The lowest BCUT2D eigenvalue weighted by Gasteiger charge is -2.28. The van der Waals surface area contributed by atoms with Crippen LogP contribution in [0.5, 0.6) is 0 Å². The summed E-state index contributed by atoms with van der Waals surface area (Å²) in [6.45, 7) is 1.96. The minimum Gasteiger partial charge on any atom is -0.342 e. The van der Waals surface area contributed by atoms with Crippen molar-refractivity contribution in [3.63, 3.8) is 0 Å². The molecule has 0 aliphatic carbocycles. The van der Waals surface area contributed by atoms with E-state index in [2.05, 4.69) is 25.9 Å². The first-order chi connectivity index (χ1) is 9.15. The van der Waals surface area contributed by atoms with E-state index in [1.807, 2.05) is 15.7 Å². The highest BCUT2D eigenvalue weighted by molar-refractivity contribution is 9.10. The summed E-state index contributed by atoms with van der Waals surface area (Å²) in [6.07, 6.45) is 5.22. The van der Waals surface area contributed by atoms with Crippen LogP contribution in [0.25, 0.3) is 0 Å². The van der Waals surface area contributed by atoms with Crippen molar-refractivity contribution < 1.29 is 4.92 Å². The van der Waals surface area contributed by atoms with Crippen molar-refractivity contribution in [1.29, 1.82) is 0 Å². The molecule has 1 aliphatic heterocycles. The Balaban J connectivity index is 1.98. The third-order valence-electron chi connectivity index (χ3n) is 3.05. The number of nitro groups is 1. The number of anilines is 1. The maximum Gasteiger partial charge on any atom is 0.312 e. The van der Waals surface area contributed by atoms with Gasteiger partial charge in [0, 0.05) is 42.2 Å². The minimum absolute atomic E-state index is 0.00869. The molecule has 7 nitrogen and oxygen atoms in total. The average Bonchev–Trinajstić information content (AvgIpc) is 2.85. The molecule has 0 fully saturated rings. The molecule has 98 valence electrons. The van der Waals surface area contributed by atoms with Crippen LogP contribution in [0.15, 0.2) is 29.1 Å². The molecule has 0 bridgehead atoms. The quantitative estimate of drug-likeness (QED) is 0.623. The largest absolute Gasteiger partial charge is 0.342 e. The van der Waals surface area contributed by atoms with Crippen molar-refractivity contribution in [1.82, 2.24) is 14.5 Å². The molecule has 3 rings (SSSR count). The summed E-state index contributed by atoms with van der Waals surface area (Å²) in [4.78, 5) is 21.0. The predicted octanol–water partition coefficient (Wildman–Crippen LogP) is 1.97. The molecule has 0 aromatic carbocycles. The SMILES string of the molecule is O=[N+]([O-])c1cc(Br)cnc1N1CCn2ccnc2C1. The predicted molar refractivity (Wildman–Crippen MR) is 71.9 cm³/mol. The van der Waals surface area contributed by atoms with Gasteiger partial charge in [-0.25, -0.2) is 9.97 Å². The molecule has 3 heterocycles. The smallest absolute Gasteiger partial charge is 0.312 e. The van der Waals surface area contributed by atoms with Gasteiger partial charge in [0.05, 0.1) is 11.5 Å². The summed E-state index contributed by atoms with van der Waals surface area (Å²) in [5.41, 5.74) is 0.00869. The van der Waals surface area contributed by atoms with Gasteiger partial charge in [-0.1, -0.05) is 0 Å². The van der Waals surface area contributed by atoms with Crippen molar-refractivity contribution in [3.8, 4) is 0 Å². The molecular formula is C11H10BrN5O2. The number of halogens is 1. The Morgan fingerprint density at radius 3 is 3.00 bits per heavy atom. The summed E-state index contributed by atoms with van der Waals surface area (Å²) in [5.74, 6) is 1.28. The van der Waals surface area contributed by atoms with E-state index in [1.54, 1.807) is 12.4 Å². The number of fused-ring (bicyclic) bond motifs is 1. The standard InChI is InChI=1S/C11H10BrN5O2/c12-8-5-9(17(18)19)11(14-6-8)16-4-3-15-2-1-13-10(15)7-16/h1-2,5-6H,3-4,7H2.